The van der Waals surface area contributed by atoms with Crippen LogP contribution in [-0.4, -0.2) is 25.2 Å². The van der Waals surface area contributed by atoms with Crippen LogP contribution in [0.5, 0.6) is 0 Å². The van der Waals surface area contributed by atoms with Gasteiger partial charge in [0, 0.05) is 11.6 Å². The van der Waals surface area contributed by atoms with Crippen molar-refractivity contribution in [3.8, 4) is 0 Å². The molecule has 54 valence electrons. The van der Waals surface area contributed by atoms with E-state index in [1.807, 2.05) is 7.05 Å². The van der Waals surface area contributed by atoms with Gasteiger partial charge in [0.2, 0.25) is 0 Å². The zero-order chi connectivity index (χ0) is 6.91. The van der Waals surface area contributed by atoms with Crippen LogP contribution >= 0.6 is 0 Å². The maximum absolute atomic E-state index is 3.37. The SMILES string of the molecule is CNC(C)(C)C1CCN1. The van der Waals surface area contributed by atoms with E-state index >= 15 is 0 Å². The van der Waals surface area contributed by atoms with E-state index in [2.05, 4.69) is 24.5 Å². The normalized spacial score (nSPS) is 27.7. The van der Waals surface area contributed by atoms with Crippen molar-refractivity contribution in [1.82, 2.24) is 10.6 Å². The molecule has 1 fully saturated rings. The fourth-order valence-electron chi connectivity index (χ4n) is 1.08. The van der Waals surface area contributed by atoms with Crippen LogP contribution in [0.25, 0.3) is 0 Å². The summed E-state index contributed by atoms with van der Waals surface area (Å²) in [4.78, 5) is 0. The summed E-state index contributed by atoms with van der Waals surface area (Å²) in [5, 5.41) is 6.65. The highest BCUT2D eigenvalue weighted by Gasteiger charge is 2.31. The second-order valence-electron chi connectivity index (χ2n) is 3.27. The number of hydrogen-bond acceptors (Lipinski definition) is 2. The second-order valence-corrected chi connectivity index (χ2v) is 3.27. The Hall–Kier alpha value is -0.0800. The standard InChI is InChI=1S/C7H16N2/c1-7(2,8-3)6-4-5-9-6/h6,8-9H,4-5H2,1-3H3. The average molecular weight is 128 g/mol. The van der Waals surface area contributed by atoms with Crippen molar-refractivity contribution in [3.63, 3.8) is 0 Å². The lowest BCUT2D eigenvalue weighted by molar-refractivity contribution is 0.218. The van der Waals surface area contributed by atoms with Crippen LogP contribution in [0.3, 0.4) is 0 Å². The highest BCUT2D eigenvalue weighted by Crippen LogP contribution is 2.16. The van der Waals surface area contributed by atoms with E-state index in [1.165, 1.54) is 13.0 Å². The zero-order valence-electron chi connectivity index (χ0n) is 6.49. The molecule has 1 aliphatic rings. The van der Waals surface area contributed by atoms with Crippen LogP contribution in [0.15, 0.2) is 0 Å². The molecular formula is C7H16N2. The molecule has 0 amide bonds. The smallest absolute Gasteiger partial charge is 0.0276 e. The molecule has 1 heterocycles. The number of nitrogens with one attached hydrogen (secondary N) is 2. The van der Waals surface area contributed by atoms with Crippen molar-refractivity contribution in [3.05, 3.63) is 0 Å². The first-order valence-corrected chi connectivity index (χ1v) is 3.59. The van der Waals surface area contributed by atoms with Crippen LogP contribution in [0.2, 0.25) is 0 Å². The van der Waals surface area contributed by atoms with Gasteiger partial charge in [-0.3, -0.25) is 0 Å². The van der Waals surface area contributed by atoms with Crippen LogP contribution in [0, 0.1) is 0 Å². The molecule has 0 aromatic heterocycles. The van der Waals surface area contributed by atoms with Gasteiger partial charge in [-0.1, -0.05) is 0 Å². The van der Waals surface area contributed by atoms with Crippen molar-refractivity contribution in [2.24, 2.45) is 0 Å². The molecule has 0 aromatic carbocycles. The highest BCUT2D eigenvalue weighted by atomic mass is 15.1. The van der Waals surface area contributed by atoms with Crippen LogP contribution in [0.4, 0.5) is 0 Å². The number of hydrogen-bond donors (Lipinski definition) is 2. The van der Waals surface area contributed by atoms with Crippen molar-refractivity contribution >= 4 is 0 Å². The molecule has 9 heavy (non-hydrogen) atoms. The minimum Gasteiger partial charge on any atom is -0.313 e. The first-order chi connectivity index (χ1) is 4.17. The van der Waals surface area contributed by atoms with Crippen molar-refractivity contribution < 1.29 is 0 Å². The molecule has 2 heteroatoms. The van der Waals surface area contributed by atoms with Gasteiger partial charge >= 0.3 is 0 Å². The maximum atomic E-state index is 3.37. The minimum absolute atomic E-state index is 0.276. The molecule has 1 unspecified atom stereocenters. The largest absolute Gasteiger partial charge is 0.313 e. The van der Waals surface area contributed by atoms with Gasteiger partial charge in [-0.05, 0) is 33.9 Å². The molecule has 1 rings (SSSR count). The van der Waals surface area contributed by atoms with Crippen LogP contribution in [0.1, 0.15) is 20.3 Å². The summed E-state index contributed by atoms with van der Waals surface area (Å²) in [6.45, 7) is 5.64. The van der Waals surface area contributed by atoms with Gasteiger partial charge in [0.25, 0.3) is 0 Å². The Morgan fingerprint density at radius 1 is 1.56 bits per heavy atom. The number of likely N-dealkylation sites (N-methyl/N-ethyl adjacent to an activating group) is 1. The Balaban J connectivity index is 2.37. The molecule has 2 nitrogen and oxygen atoms in total. The second kappa shape index (κ2) is 2.27. The van der Waals surface area contributed by atoms with E-state index in [0.29, 0.717) is 6.04 Å². The number of rotatable bonds is 2. The van der Waals surface area contributed by atoms with E-state index in [0.717, 1.165) is 0 Å². The maximum Gasteiger partial charge on any atom is 0.0276 e. The molecule has 1 saturated heterocycles. The highest BCUT2D eigenvalue weighted by molar-refractivity contribution is 4.95. The molecule has 0 radical (unpaired) electrons. The van der Waals surface area contributed by atoms with E-state index in [-0.39, 0.29) is 5.54 Å². The predicted octanol–water partition coefficient (Wildman–Crippen LogP) is 0.346. The first-order valence-electron chi connectivity index (χ1n) is 3.59. The lowest BCUT2D eigenvalue weighted by Crippen LogP contribution is -2.61. The average Bonchev–Trinajstić information content (AvgIpc) is 1.60. The Morgan fingerprint density at radius 2 is 2.11 bits per heavy atom. The van der Waals surface area contributed by atoms with E-state index in [4.69, 9.17) is 0 Å². The molecule has 1 aliphatic heterocycles. The lowest BCUT2D eigenvalue weighted by Gasteiger charge is -2.41. The summed E-state index contributed by atoms with van der Waals surface area (Å²) in [7, 11) is 2.01. The minimum atomic E-state index is 0.276. The van der Waals surface area contributed by atoms with Gasteiger partial charge in [-0.15, -0.1) is 0 Å². The van der Waals surface area contributed by atoms with Gasteiger partial charge < -0.3 is 10.6 Å². The predicted molar refractivity (Wildman–Crippen MR) is 39.5 cm³/mol. The fraction of sp³-hybridized carbons (Fsp3) is 1.00. The molecule has 0 bridgehead atoms. The van der Waals surface area contributed by atoms with Crippen molar-refractivity contribution in [1.29, 1.82) is 0 Å². The third-order valence-electron chi connectivity index (χ3n) is 2.34. The summed E-state index contributed by atoms with van der Waals surface area (Å²) in [6, 6.07) is 0.683. The molecular weight excluding hydrogens is 112 g/mol. The van der Waals surface area contributed by atoms with Gasteiger partial charge in [-0.2, -0.15) is 0 Å². The first kappa shape index (κ1) is 7.03. The van der Waals surface area contributed by atoms with Crippen LogP contribution in [-0.2, 0) is 0 Å². The summed E-state index contributed by atoms with van der Waals surface area (Å²) in [6.07, 6.45) is 1.31. The topological polar surface area (TPSA) is 24.1 Å². The van der Waals surface area contributed by atoms with Gasteiger partial charge in [0.15, 0.2) is 0 Å². The van der Waals surface area contributed by atoms with Crippen molar-refractivity contribution in [2.75, 3.05) is 13.6 Å². The van der Waals surface area contributed by atoms with E-state index < -0.39 is 0 Å². The molecule has 0 spiro atoms. The van der Waals surface area contributed by atoms with Crippen molar-refractivity contribution in [2.45, 2.75) is 31.8 Å². The molecule has 2 N–H and O–H groups in total. The van der Waals surface area contributed by atoms with Gasteiger partial charge in [-0.25, -0.2) is 0 Å². The Bertz CT molecular complexity index is 95.1. The van der Waals surface area contributed by atoms with E-state index in [1.54, 1.807) is 0 Å². The van der Waals surface area contributed by atoms with Crippen LogP contribution < -0.4 is 10.6 Å². The quantitative estimate of drug-likeness (QED) is 0.560. The molecule has 0 saturated carbocycles. The molecule has 1 atom stereocenters. The summed E-state index contributed by atoms with van der Waals surface area (Å²) >= 11 is 0. The van der Waals surface area contributed by atoms with Gasteiger partial charge in [0.05, 0.1) is 0 Å². The molecule has 0 aromatic rings. The summed E-state index contributed by atoms with van der Waals surface area (Å²) < 4.78 is 0. The van der Waals surface area contributed by atoms with E-state index in [9.17, 15) is 0 Å². The summed E-state index contributed by atoms with van der Waals surface area (Å²) in [5.74, 6) is 0. The third kappa shape index (κ3) is 1.25. The monoisotopic (exact) mass is 128 g/mol. The Kier molecular flexibility index (Phi) is 1.78. The van der Waals surface area contributed by atoms with Gasteiger partial charge in [0.1, 0.15) is 0 Å². The molecule has 0 aliphatic carbocycles. The Morgan fingerprint density at radius 3 is 2.22 bits per heavy atom. The lowest BCUT2D eigenvalue weighted by atomic mass is 9.87. The zero-order valence-corrected chi connectivity index (χ0v) is 6.49. The summed E-state index contributed by atoms with van der Waals surface area (Å²) in [5.41, 5.74) is 0.276. The third-order valence-corrected chi connectivity index (χ3v) is 2.34. The fourth-order valence-corrected chi connectivity index (χ4v) is 1.08. The Labute approximate surface area is 57.0 Å².